The van der Waals surface area contributed by atoms with Gasteiger partial charge < -0.3 is 26.6 Å². The molecule has 2 fully saturated rings. The van der Waals surface area contributed by atoms with E-state index >= 15 is 0 Å². The highest BCUT2D eigenvalue weighted by Gasteiger charge is 2.22. The van der Waals surface area contributed by atoms with Crippen LogP contribution in [-0.4, -0.2) is 73.9 Å². The molecule has 8 heteroatoms. The van der Waals surface area contributed by atoms with Crippen LogP contribution in [0.2, 0.25) is 0 Å². The van der Waals surface area contributed by atoms with E-state index in [1.54, 1.807) is 0 Å². The van der Waals surface area contributed by atoms with Crippen LogP contribution >= 0.6 is 12.2 Å². The highest BCUT2D eigenvalue weighted by atomic mass is 32.1. The third-order valence-electron chi connectivity index (χ3n) is 6.36. The zero-order valence-electron chi connectivity index (χ0n) is 18.5. The Bertz CT molecular complexity index is 889. The molecule has 1 aromatic carbocycles. The molecule has 5 N–H and O–H groups in total. The Labute approximate surface area is 190 Å². The molecule has 0 bridgehead atoms. The van der Waals surface area contributed by atoms with E-state index in [2.05, 4.69) is 50.9 Å². The number of piperidine rings is 1. The molecule has 2 saturated heterocycles. The van der Waals surface area contributed by atoms with Crippen molar-refractivity contribution in [1.82, 2.24) is 20.5 Å². The van der Waals surface area contributed by atoms with Crippen molar-refractivity contribution in [3.8, 4) is 0 Å². The number of aromatic nitrogens is 1. The van der Waals surface area contributed by atoms with Crippen molar-refractivity contribution in [2.24, 2.45) is 11.7 Å². The average Bonchev–Trinajstić information content (AvgIpc) is 2.79. The number of nitrogens with zero attached hydrogens (tertiary/aromatic N) is 3. The number of nitrogens with two attached hydrogens (primary N) is 1. The van der Waals surface area contributed by atoms with E-state index in [1.807, 2.05) is 6.07 Å². The second kappa shape index (κ2) is 10.5. The van der Waals surface area contributed by atoms with Crippen molar-refractivity contribution >= 4 is 39.7 Å². The van der Waals surface area contributed by atoms with Gasteiger partial charge in [-0.25, -0.2) is 4.98 Å². The molecular weight excluding hydrogens is 406 g/mol. The van der Waals surface area contributed by atoms with Gasteiger partial charge in [0, 0.05) is 56.9 Å². The SMILES string of the molecule is Cc1cc(N2CCN(CC3CCNCC3)CC2)nc2ccc(NC(=S)NCCN)cc12. The summed E-state index contributed by atoms with van der Waals surface area (Å²) in [6.45, 7) is 11.3. The largest absolute Gasteiger partial charge is 0.361 e. The molecule has 168 valence electrons. The number of rotatable bonds is 6. The number of thiocarbonyl (C=S) groups is 1. The molecule has 7 nitrogen and oxygen atoms in total. The highest BCUT2D eigenvalue weighted by molar-refractivity contribution is 7.80. The number of hydrogen-bond acceptors (Lipinski definition) is 6. The number of piperazine rings is 1. The van der Waals surface area contributed by atoms with Crippen molar-refractivity contribution < 1.29 is 0 Å². The van der Waals surface area contributed by atoms with Gasteiger partial charge in [0.2, 0.25) is 0 Å². The van der Waals surface area contributed by atoms with Crippen molar-refractivity contribution in [2.45, 2.75) is 19.8 Å². The molecule has 2 aromatic rings. The third-order valence-corrected chi connectivity index (χ3v) is 6.61. The molecule has 31 heavy (non-hydrogen) atoms. The smallest absolute Gasteiger partial charge is 0.170 e. The predicted molar refractivity (Wildman–Crippen MR) is 134 cm³/mol. The summed E-state index contributed by atoms with van der Waals surface area (Å²) in [5.41, 5.74) is 8.75. The van der Waals surface area contributed by atoms with Crippen LogP contribution in [0.25, 0.3) is 10.9 Å². The quantitative estimate of drug-likeness (QED) is 0.506. The summed E-state index contributed by atoms with van der Waals surface area (Å²) in [5, 5.41) is 11.5. The molecule has 4 rings (SSSR count). The van der Waals surface area contributed by atoms with Crippen molar-refractivity contribution in [3.05, 3.63) is 29.8 Å². The molecule has 3 heterocycles. The van der Waals surface area contributed by atoms with Crippen LogP contribution in [0, 0.1) is 12.8 Å². The summed E-state index contributed by atoms with van der Waals surface area (Å²) in [7, 11) is 0. The summed E-state index contributed by atoms with van der Waals surface area (Å²) in [6.07, 6.45) is 2.63. The van der Waals surface area contributed by atoms with E-state index in [1.165, 1.54) is 38.0 Å². The van der Waals surface area contributed by atoms with Crippen LogP contribution < -0.4 is 26.6 Å². The van der Waals surface area contributed by atoms with E-state index < -0.39 is 0 Å². The molecule has 0 radical (unpaired) electrons. The lowest BCUT2D eigenvalue weighted by Crippen LogP contribution is -2.48. The molecular formula is C23H35N7S. The summed E-state index contributed by atoms with van der Waals surface area (Å²) in [5.74, 6) is 1.95. The van der Waals surface area contributed by atoms with Gasteiger partial charge in [-0.2, -0.15) is 0 Å². The summed E-state index contributed by atoms with van der Waals surface area (Å²) < 4.78 is 0. The normalized spacial score (nSPS) is 18.3. The Balaban J connectivity index is 1.38. The molecule has 0 aliphatic carbocycles. The summed E-state index contributed by atoms with van der Waals surface area (Å²) >= 11 is 5.32. The number of pyridine rings is 1. The lowest BCUT2D eigenvalue weighted by atomic mass is 9.97. The Hall–Kier alpha value is -2.00. The maximum Gasteiger partial charge on any atom is 0.170 e. The fourth-order valence-electron chi connectivity index (χ4n) is 4.57. The number of nitrogens with one attached hydrogen (secondary N) is 3. The number of fused-ring (bicyclic) bond motifs is 1. The average molecular weight is 442 g/mol. The standard InChI is InChI=1S/C23H35N7S/c1-17-14-22(30-12-10-29(11-13-30)16-18-4-7-25-8-5-18)28-21-3-2-19(15-20(17)21)27-23(31)26-9-6-24/h2-3,14-15,18,25H,4-13,16,24H2,1H3,(H2,26,27,31). The Kier molecular flexibility index (Phi) is 7.55. The van der Waals surface area contributed by atoms with Crippen LogP contribution in [-0.2, 0) is 0 Å². The highest BCUT2D eigenvalue weighted by Crippen LogP contribution is 2.26. The number of aryl methyl sites for hydroxylation is 1. The maximum absolute atomic E-state index is 5.52. The third kappa shape index (κ3) is 5.83. The Morgan fingerprint density at radius 1 is 1.19 bits per heavy atom. The van der Waals surface area contributed by atoms with E-state index in [9.17, 15) is 0 Å². The van der Waals surface area contributed by atoms with Gasteiger partial charge in [0.05, 0.1) is 5.52 Å². The second-order valence-corrected chi connectivity index (χ2v) is 9.09. The van der Waals surface area contributed by atoms with Crippen LogP contribution in [0.4, 0.5) is 11.5 Å². The Morgan fingerprint density at radius 3 is 2.71 bits per heavy atom. The molecule has 0 atom stereocenters. The van der Waals surface area contributed by atoms with Gasteiger partial charge >= 0.3 is 0 Å². The first-order valence-electron chi connectivity index (χ1n) is 11.5. The van der Waals surface area contributed by atoms with Crippen LogP contribution in [0.1, 0.15) is 18.4 Å². The monoisotopic (exact) mass is 441 g/mol. The van der Waals surface area contributed by atoms with Gasteiger partial charge in [-0.1, -0.05) is 0 Å². The minimum absolute atomic E-state index is 0.553. The van der Waals surface area contributed by atoms with Crippen LogP contribution in [0.3, 0.4) is 0 Å². The first-order chi connectivity index (χ1) is 15.1. The molecule has 0 unspecified atom stereocenters. The minimum atomic E-state index is 0.553. The van der Waals surface area contributed by atoms with Crippen LogP contribution in [0.15, 0.2) is 24.3 Å². The Morgan fingerprint density at radius 2 is 1.97 bits per heavy atom. The lowest BCUT2D eigenvalue weighted by molar-refractivity contribution is 0.196. The van der Waals surface area contributed by atoms with Gasteiger partial charge in [0.25, 0.3) is 0 Å². The van der Waals surface area contributed by atoms with E-state index in [-0.39, 0.29) is 0 Å². The number of benzene rings is 1. The first kappa shape index (κ1) is 22.2. The van der Waals surface area contributed by atoms with Gasteiger partial charge in [-0.3, -0.25) is 4.90 Å². The molecule has 0 spiro atoms. The zero-order chi connectivity index (χ0) is 21.6. The van der Waals surface area contributed by atoms with Crippen LogP contribution in [0.5, 0.6) is 0 Å². The van der Waals surface area contributed by atoms with E-state index in [0.717, 1.165) is 54.5 Å². The first-order valence-corrected chi connectivity index (χ1v) is 11.9. The topological polar surface area (TPSA) is 81.5 Å². The molecule has 0 saturated carbocycles. The van der Waals surface area contributed by atoms with Gasteiger partial charge in [-0.05, 0) is 80.8 Å². The zero-order valence-corrected chi connectivity index (χ0v) is 19.3. The summed E-state index contributed by atoms with van der Waals surface area (Å²) in [6, 6.07) is 8.45. The summed E-state index contributed by atoms with van der Waals surface area (Å²) in [4.78, 5) is 10.0. The second-order valence-electron chi connectivity index (χ2n) is 8.68. The fourth-order valence-corrected chi connectivity index (χ4v) is 4.79. The van der Waals surface area contributed by atoms with Gasteiger partial charge in [0.1, 0.15) is 5.82 Å². The van der Waals surface area contributed by atoms with Gasteiger partial charge in [-0.15, -0.1) is 0 Å². The minimum Gasteiger partial charge on any atom is -0.361 e. The van der Waals surface area contributed by atoms with E-state index in [4.69, 9.17) is 22.9 Å². The molecule has 2 aliphatic rings. The maximum atomic E-state index is 5.52. The molecule has 0 amide bonds. The van der Waals surface area contributed by atoms with Gasteiger partial charge in [0.15, 0.2) is 5.11 Å². The molecule has 1 aromatic heterocycles. The fraction of sp³-hybridized carbons (Fsp3) is 0.565. The number of hydrogen-bond donors (Lipinski definition) is 4. The van der Waals surface area contributed by atoms with Crippen molar-refractivity contribution in [3.63, 3.8) is 0 Å². The van der Waals surface area contributed by atoms with E-state index in [0.29, 0.717) is 18.2 Å². The van der Waals surface area contributed by atoms with Crippen molar-refractivity contribution in [1.29, 1.82) is 0 Å². The van der Waals surface area contributed by atoms with Crippen molar-refractivity contribution in [2.75, 3.05) is 69.1 Å². The lowest BCUT2D eigenvalue weighted by Gasteiger charge is -2.38. The number of anilines is 2. The predicted octanol–water partition coefficient (Wildman–Crippen LogP) is 1.91. The molecule has 2 aliphatic heterocycles.